The van der Waals surface area contributed by atoms with Crippen LogP contribution in [-0.4, -0.2) is 52.2 Å². The van der Waals surface area contributed by atoms with Gasteiger partial charge in [-0.15, -0.1) is 0 Å². The molecule has 0 aliphatic carbocycles. The molecule has 1 saturated heterocycles. The third kappa shape index (κ3) is 2.76. The predicted molar refractivity (Wildman–Crippen MR) is 68.9 cm³/mol. The van der Waals surface area contributed by atoms with Crippen LogP contribution in [0, 0.1) is 5.41 Å². The van der Waals surface area contributed by atoms with Crippen molar-refractivity contribution in [3.8, 4) is 0 Å². The lowest BCUT2D eigenvalue weighted by Crippen LogP contribution is -2.56. The first-order chi connectivity index (χ1) is 9.02. The summed E-state index contributed by atoms with van der Waals surface area (Å²) in [4.78, 5) is 0. The number of rotatable bonds is 3. The zero-order chi connectivity index (χ0) is 14.0. The van der Waals surface area contributed by atoms with E-state index in [2.05, 4.69) is 0 Å². The van der Waals surface area contributed by atoms with Crippen LogP contribution in [0.3, 0.4) is 0 Å². The molecule has 6 N–H and O–H groups in total. The fraction of sp³-hybridized carbons (Fsp3) is 0.462. The largest absolute Gasteiger partial charge is 0.388 e. The van der Waals surface area contributed by atoms with Gasteiger partial charge in [0.05, 0.1) is 18.6 Å². The minimum Gasteiger partial charge on any atom is -0.388 e. The van der Waals surface area contributed by atoms with Crippen LogP contribution in [0.5, 0.6) is 0 Å². The Morgan fingerprint density at radius 3 is 2.42 bits per heavy atom. The van der Waals surface area contributed by atoms with E-state index >= 15 is 0 Å². The highest BCUT2D eigenvalue weighted by Gasteiger charge is 2.42. The molecule has 0 saturated carbocycles. The zero-order valence-corrected chi connectivity index (χ0v) is 10.3. The molecule has 104 valence electrons. The molecule has 1 aliphatic rings. The standard InChI is InChI=1S/C13H18N2O4/c14-13(15)9(7-4-2-1-3-5-7)12-11(18)10(17)8(16)6-19-12/h1-5,8-12,16-18H,6H2,(H3,14,15)/t8-,9?,10+,11-,12-/m1/s1. The molecule has 5 atom stereocenters. The minimum absolute atomic E-state index is 0.0977. The third-order valence-electron chi connectivity index (χ3n) is 3.36. The Morgan fingerprint density at radius 1 is 1.21 bits per heavy atom. The van der Waals surface area contributed by atoms with Gasteiger partial charge < -0.3 is 25.8 Å². The van der Waals surface area contributed by atoms with Crippen LogP contribution < -0.4 is 5.73 Å². The van der Waals surface area contributed by atoms with Crippen molar-refractivity contribution in [3.05, 3.63) is 35.9 Å². The highest BCUT2D eigenvalue weighted by atomic mass is 16.5. The molecule has 2 rings (SSSR count). The lowest BCUT2D eigenvalue weighted by Gasteiger charge is -2.39. The van der Waals surface area contributed by atoms with Crippen LogP contribution in [0.1, 0.15) is 11.5 Å². The van der Waals surface area contributed by atoms with Crippen molar-refractivity contribution in [1.29, 1.82) is 5.41 Å². The molecule has 0 amide bonds. The van der Waals surface area contributed by atoms with E-state index in [0.29, 0.717) is 0 Å². The zero-order valence-electron chi connectivity index (χ0n) is 10.3. The van der Waals surface area contributed by atoms with E-state index in [4.69, 9.17) is 15.9 Å². The smallest absolute Gasteiger partial charge is 0.111 e. The lowest BCUT2D eigenvalue weighted by atomic mass is 9.85. The Morgan fingerprint density at radius 2 is 1.84 bits per heavy atom. The number of aliphatic hydroxyl groups is 3. The summed E-state index contributed by atoms with van der Waals surface area (Å²) in [6, 6.07) is 8.98. The van der Waals surface area contributed by atoms with Gasteiger partial charge in [0.1, 0.15) is 24.1 Å². The molecule has 0 aromatic heterocycles. The average molecular weight is 266 g/mol. The Bertz CT molecular complexity index is 440. The molecule has 0 radical (unpaired) electrons. The topological polar surface area (TPSA) is 120 Å². The van der Waals surface area contributed by atoms with E-state index < -0.39 is 30.3 Å². The van der Waals surface area contributed by atoms with E-state index in [0.717, 1.165) is 5.56 Å². The molecule has 6 nitrogen and oxygen atoms in total. The summed E-state index contributed by atoms with van der Waals surface area (Å²) in [5.41, 5.74) is 6.31. The molecule has 6 heteroatoms. The first-order valence-electron chi connectivity index (χ1n) is 6.07. The molecular formula is C13H18N2O4. The van der Waals surface area contributed by atoms with Gasteiger partial charge in [0.2, 0.25) is 0 Å². The number of ether oxygens (including phenoxy) is 1. The van der Waals surface area contributed by atoms with Crippen LogP contribution in [0.4, 0.5) is 0 Å². The molecule has 0 spiro atoms. The summed E-state index contributed by atoms with van der Waals surface area (Å²) in [6.45, 7) is -0.0977. The Balaban J connectivity index is 2.28. The molecule has 1 aromatic carbocycles. The highest BCUT2D eigenvalue weighted by Crippen LogP contribution is 2.29. The SMILES string of the molecule is N=C(N)C(c1ccccc1)[C@H]1OC[C@@H](O)[C@H](O)[C@H]1O. The molecular weight excluding hydrogens is 248 g/mol. The van der Waals surface area contributed by atoms with Crippen molar-refractivity contribution in [2.24, 2.45) is 5.73 Å². The normalized spacial score (nSPS) is 32.8. The fourth-order valence-electron chi connectivity index (χ4n) is 2.33. The van der Waals surface area contributed by atoms with E-state index in [1.54, 1.807) is 24.3 Å². The first kappa shape index (κ1) is 14.0. The van der Waals surface area contributed by atoms with Gasteiger partial charge in [0.25, 0.3) is 0 Å². The van der Waals surface area contributed by atoms with Gasteiger partial charge in [-0.1, -0.05) is 30.3 Å². The summed E-state index contributed by atoms with van der Waals surface area (Å²) < 4.78 is 5.37. The number of hydrogen-bond acceptors (Lipinski definition) is 5. The number of nitrogens with one attached hydrogen (secondary N) is 1. The summed E-state index contributed by atoms with van der Waals surface area (Å²) in [5, 5.41) is 36.8. The second-order valence-corrected chi connectivity index (χ2v) is 4.69. The second kappa shape index (κ2) is 5.66. The number of benzene rings is 1. The molecule has 1 aliphatic heterocycles. The van der Waals surface area contributed by atoms with Crippen LogP contribution in [0.2, 0.25) is 0 Å². The van der Waals surface area contributed by atoms with Gasteiger partial charge in [0.15, 0.2) is 0 Å². The van der Waals surface area contributed by atoms with Gasteiger partial charge in [-0.05, 0) is 5.56 Å². The van der Waals surface area contributed by atoms with E-state index in [-0.39, 0.29) is 12.4 Å². The van der Waals surface area contributed by atoms with Crippen LogP contribution in [0.25, 0.3) is 0 Å². The van der Waals surface area contributed by atoms with Gasteiger partial charge in [-0.3, -0.25) is 5.41 Å². The second-order valence-electron chi connectivity index (χ2n) is 4.69. The Labute approximate surface area is 111 Å². The number of hydrogen-bond donors (Lipinski definition) is 5. The Hall–Kier alpha value is -1.47. The third-order valence-corrected chi connectivity index (χ3v) is 3.36. The molecule has 1 unspecified atom stereocenters. The minimum atomic E-state index is -1.30. The van der Waals surface area contributed by atoms with Crippen LogP contribution in [-0.2, 0) is 4.74 Å². The van der Waals surface area contributed by atoms with E-state index in [1.807, 2.05) is 6.07 Å². The average Bonchev–Trinajstić information content (AvgIpc) is 2.40. The highest BCUT2D eigenvalue weighted by molar-refractivity contribution is 5.85. The van der Waals surface area contributed by atoms with Crippen molar-refractivity contribution < 1.29 is 20.1 Å². The van der Waals surface area contributed by atoms with Crippen LogP contribution >= 0.6 is 0 Å². The maximum Gasteiger partial charge on any atom is 0.111 e. The number of amidine groups is 1. The van der Waals surface area contributed by atoms with Crippen molar-refractivity contribution in [3.63, 3.8) is 0 Å². The lowest BCUT2D eigenvalue weighted by molar-refractivity contribution is -0.188. The molecule has 0 bridgehead atoms. The van der Waals surface area contributed by atoms with Crippen molar-refractivity contribution in [2.45, 2.75) is 30.3 Å². The number of aliphatic hydroxyl groups excluding tert-OH is 3. The first-order valence-corrected chi connectivity index (χ1v) is 6.07. The molecule has 19 heavy (non-hydrogen) atoms. The summed E-state index contributed by atoms with van der Waals surface area (Å²) in [5.74, 6) is -0.808. The quantitative estimate of drug-likeness (QED) is 0.362. The Kier molecular flexibility index (Phi) is 4.16. The van der Waals surface area contributed by atoms with Gasteiger partial charge in [-0.2, -0.15) is 0 Å². The fourth-order valence-corrected chi connectivity index (χ4v) is 2.33. The maximum absolute atomic E-state index is 10.0. The van der Waals surface area contributed by atoms with Crippen LogP contribution in [0.15, 0.2) is 30.3 Å². The van der Waals surface area contributed by atoms with Crippen molar-refractivity contribution >= 4 is 5.84 Å². The molecule has 1 heterocycles. The molecule has 1 fully saturated rings. The van der Waals surface area contributed by atoms with E-state index in [1.165, 1.54) is 0 Å². The number of nitrogens with two attached hydrogens (primary N) is 1. The maximum atomic E-state index is 10.0. The predicted octanol–water partition coefficient (Wildman–Crippen LogP) is -0.812. The van der Waals surface area contributed by atoms with Crippen molar-refractivity contribution in [2.75, 3.05) is 6.61 Å². The van der Waals surface area contributed by atoms with Crippen molar-refractivity contribution in [1.82, 2.24) is 0 Å². The summed E-state index contributed by atoms with van der Waals surface area (Å²) in [6.07, 6.45) is -4.57. The van der Waals surface area contributed by atoms with Gasteiger partial charge in [-0.25, -0.2) is 0 Å². The summed E-state index contributed by atoms with van der Waals surface area (Å²) in [7, 11) is 0. The van der Waals surface area contributed by atoms with Gasteiger partial charge >= 0.3 is 0 Å². The summed E-state index contributed by atoms with van der Waals surface area (Å²) >= 11 is 0. The van der Waals surface area contributed by atoms with E-state index in [9.17, 15) is 15.3 Å². The van der Waals surface area contributed by atoms with Gasteiger partial charge in [0, 0.05) is 0 Å². The monoisotopic (exact) mass is 266 g/mol. The molecule has 1 aromatic rings.